The van der Waals surface area contributed by atoms with Gasteiger partial charge in [-0.3, -0.25) is 4.90 Å². The second-order valence-electron chi connectivity index (χ2n) is 5.75. The van der Waals surface area contributed by atoms with Crippen molar-refractivity contribution in [1.82, 2.24) is 10.2 Å². The number of likely N-dealkylation sites (tertiary alicyclic amines) is 1. The van der Waals surface area contributed by atoms with Crippen molar-refractivity contribution in [2.24, 2.45) is 5.92 Å². The summed E-state index contributed by atoms with van der Waals surface area (Å²) in [5, 5.41) is 3.56. The summed E-state index contributed by atoms with van der Waals surface area (Å²) >= 11 is 0. The van der Waals surface area contributed by atoms with Crippen LogP contribution in [0.2, 0.25) is 0 Å². The van der Waals surface area contributed by atoms with Gasteiger partial charge in [-0.25, -0.2) is 0 Å². The first-order valence-corrected chi connectivity index (χ1v) is 7.42. The van der Waals surface area contributed by atoms with E-state index in [4.69, 9.17) is 0 Å². The summed E-state index contributed by atoms with van der Waals surface area (Å²) in [6.45, 7) is 4.85. The van der Waals surface area contributed by atoms with Gasteiger partial charge in [0.15, 0.2) is 0 Å². The lowest BCUT2D eigenvalue weighted by Crippen LogP contribution is -2.44. The van der Waals surface area contributed by atoms with E-state index >= 15 is 0 Å². The second-order valence-corrected chi connectivity index (χ2v) is 5.75. The minimum absolute atomic E-state index is 0.814. The van der Waals surface area contributed by atoms with E-state index in [2.05, 4.69) is 40.5 Å². The van der Waals surface area contributed by atoms with Crippen molar-refractivity contribution in [3.8, 4) is 0 Å². The Morgan fingerprint density at radius 3 is 2.78 bits per heavy atom. The predicted molar refractivity (Wildman–Crippen MR) is 75.5 cm³/mol. The molecule has 2 heteroatoms. The normalized spacial score (nSPS) is 29.6. The van der Waals surface area contributed by atoms with Crippen LogP contribution < -0.4 is 5.32 Å². The molecule has 18 heavy (non-hydrogen) atoms. The maximum atomic E-state index is 3.56. The molecule has 0 saturated carbocycles. The summed E-state index contributed by atoms with van der Waals surface area (Å²) in [6.07, 6.45) is 5.53. The quantitative estimate of drug-likeness (QED) is 0.860. The van der Waals surface area contributed by atoms with E-state index in [-0.39, 0.29) is 0 Å². The summed E-state index contributed by atoms with van der Waals surface area (Å²) < 4.78 is 0. The molecule has 2 heterocycles. The molecule has 0 aromatic heterocycles. The lowest BCUT2D eigenvalue weighted by Gasteiger charge is -2.40. The van der Waals surface area contributed by atoms with E-state index in [9.17, 15) is 0 Å². The zero-order valence-electron chi connectivity index (χ0n) is 11.1. The molecular formula is C16H24N2. The highest BCUT2D eigenvalue weighted by Crippen LogP contribution is 2.30. The van der Waals surface area contributed by atoms with Crippen LogP contribution in [0.1, 0.15) is 31.2 Å². The number of piperidine rings is 1. The van der Waals surface area contributed by atoms with Gasteiger partial charge in [-0.15, -0.1) is 0 Å². The first-order valence-electron chi connectivity index (χ1n) is 7.42. The van der Waals surface area contributed by atoms with Crippen molar-refractivity contribution in [2.75, 3.05) is 19.6 Å². The average molecular weight is 244 g/mol. The van der Waals surface area contributed by atoms with Crippen molar-refractivity contribution in [2.45, 2.75) is 38.3 Å². The van der Waals surface area contributed by atoms with Gasteiger partial charge in [0.05, 0.1) is 0 Å². The molecule has 2 fully saturated rings. The van der Waals surface area contributed by atoms with Crippen molar-refractivity contribution in [3.63, 3.8) is 0 Å². The zero-order chi connectivity index (χ0) is 12.2. The Morgan fingerprint density at radius 1 is 1.06 bits per heavy atom. The third-order valence-electron chi connectivity index (χ3n) is 4.57. The Labute approximate surface area is 110 Å². The van der Waals surface area contributed by atoms with E-state index < -0.39 is 0 Å². The summed E-state index contributed by atoms with van der Waals surface area (Å²) in [5.74, 6) is 0.928. The molecule has 2 unspecified atom stereocenters. The molecule has 0 bridgehead atoms. The number of benzene rings is 1. The molecule has 0 aliphatic carbocycles. The molecule has 98 valence electrons. The third kappa shape index (κ3) is 2.76. The molecule has 2 saturated heterocycles. The molecule has 0 amide bonds. The average Bonchev–Trinajstić information content (AvgIpc) is 2.66. The maximum absolute atomic E-state index is 3.56. The van der Waals surface area contributed by atoms with Gasteiger partial charge in [0.2, 0.25) is 0 Å². The number of nitrogens with zero attached hydrogens (tertiary/aromatic N) is 1. The van der Waals surface area contributed by atoms with Crippen molar-refractivity contribution < 1.29 is 0 Å². The minimum Gasteiger partial charge on any atom is -0.317 e. The smallest absolute Gasteiger partial charge is 0.0236 e. The zero-order valence-corrected chi connectivity index (χ0v) is 11.1. The highest BCUT2D eigenvalue weighted by Gasteiger charge is 2.31. The van der Waals surface area contributed by atoms with Gasteiger partial charge in [-0.05, 0) is 56.8 Å². The largest absolute Gasteiger partial charge is 0.317 e. The molecule has 2 atom stereocenters. The van der Waals surface area contributed by atoms with Crippen LogP contribution in [0, 0.1) is 5.92 Å². The van der Waals surface area contributed by atoms with E-state index in [0.717, 1.165) is 18.5 Å². The molecular weight excluding hydrogens is 220 g/mol. The fourth-order valence-corrected chi connectivity index (χ4v) is 3.64. The van der Waals surface area contributed by atoms with E-state index in [1.165, 1.54) is 50.9 Å². The van der Waals surface area contributed by atoms with Gasteiger partial charge in [0.1, 0.15) is 0 Å². The first kappa shape index (κ1) is 12.2. The molecule has 1 aromatic rings. The third-order valence-corrected chi connectivity index (χ3v) is 4.57. The van der Waals surface area contributed by atoms with Crippen LogP contribution in [-0.4, -0.2) is 30.6 Å². The van der Waals surface area contributed by atoms with Crippen LogP contribution in [0.25, 0.3) is 0 Å². The van der Waals surface area contributed by atoms with Crippen LogP contribution in [0.5, 0.6) is 0 Å². The minimum atomic E-state index is 0.814. The highest BCUT2D eigenvalue weighted by atomic mass is 15.2. The molecule has 1 N–H and O–H groups in total. The summed E-state index contributed by atoms with van der Waals surface area (Å²) in [7, 11) is 0. The van der Waals surface area contributed by atoms with Crippen LogP contribution >= 0.6 is 0 Å². The van der Waals surface area contributed by atoms with Crippen LogP contribution in [0.15, 0.2) is 30.3 Å². The van der Waals surface area contributed by atoms with E-state index in [1.54, 1.807) is 0 Å². The van der Waals surface area contributed by atoms with Crippen LogP contribution in [-0.2, 0) is 6.54 Å². The molecule has 0 spiro atoms. The summed E-state index contributed by atoms with van der Waals surface area (Å²) in [6, 6.07) is 11.8. The van der Waals surface area contributed by atoms with Gasteiger partial charge >= 0.3 is 0 Å². The second kappa shape index (κ2) is 5.85. The number of rotatable bonds is 2. The first-order chi connectivity index (χ1) is 8.93. The Morgan fingerprint density at radius 2 is 1.89 bits per heavy atom. The highest BCUT2D eigenvalue weighted by molar-refractivity contribution is 5.14. The van der Waals surface area contributed by atoms with Gasteiger partial charge in [0, 0.05) is 12.6 Å². The van der Waals surface area contributed by atoms with E-state index in [1.807, 2.05) is 0 Å². The molecule has 2 aliphatic rings. The standard InChI is InChI=1S/C16H24N2/c1-2-5-14(6-3-1)13-18-12-4-7-15-8-10-17-11-9-16(15)18/h1-3,5-6,15-17H,4,7-13H2. The van der Waals surface area contributed by atoms with Crippen molar-refractivity contribution >= 4 is 0 Å². The molecule has 2 aliphatic heterocycles. The number of fused-ring (bicyclic) bond motifs is 1. The predicted octanol–water partition coefficient (Wildman–Crippen LogP) is 2.65. The monoisotopic (exact) mass is 244 g/mol. The van der Waals surface area contributed by atoms with Crippen LogP contribution in [0.4, 0.5) is 0 Å². The number of hydrogen-bond acceptors (Lipinski definition) is 2. The summed E-state index contributed by atoms with van der Waals surface area (Å²) in [4.78, 5) is 2.73. The lowest BCUT2D eigenvalue weighted by molar-refractivity contribution is 0.0827. The van der Waals surface area contributed by atoms with Crippen LogP contribution in [0.3, 0.4) is 0 Å². The van der Waals surface area contributed by atoms with Gasteiger partial charge < -0.3 is 5.32 Å². The SMILES string of the molecule is c1ccc(CN2CCCC3CCNCCC32)cc1. The van der Waals surface area contributed by atoms with E-state index in [0.29, 0.717) is 0 Å². The van der Waals surface area contributed by atoms with Crippen molar-refractivity contribution in [3.05, 3.63) is 35.9 Å². The Kier molecular flexibility index (Phi) is 3.96. The Balaban J connectivity index is 1.70. The number of nitrogens with one attached hydrogen (secondary N) is 1. The fraction of sp³-hybridized carbons (Fsp3) is 0.625. The Bertz CT molecular complexity index is 363. The van der Waals surface area contributed by atoms with Gasteiger partial charge in [0.25, 0.3) is 0 Å². The summed E-state index contributed by atoms with van der Waals surface area (Å²) in [5.41, 5.74) is 1.47. The molecule has 0 radical (unpaired) electrons. The lowest BCUT2D eigenvalue weighted by atomic mass is 9.85. The molecule has 2 nitrogen and oxygen atoms in total. The van der Waals surface area contributed by atoms with Gasteiger partial charge in [-0.1, -0.05) is 30.3 Å². The molecule has 1 aromatic carbocycles. The fourth-order valence-electron chi connectivity index (χ4n) is 3.64. The number of hydrogen-bond donors (Lipinski definition) is 1. The topological polar surface area (TPSA) is 15.3 Å². The molecule has 3 rings (SSSR count). The Hall–Kier alpha value is -0.860. The van der Waals surface area contributed by atoms with Gasteiger partial charge in [-0.2, -0.15) is 0 Å². The van der Waals surface area contributed by atoms with Crippen molar-refractivity contribution in [1.29, 1.82) is 0 Å². The maximum Gasteiger partial charge on any atom is 0.0236 e.